The Balaban J connectivity index is 1.59. The van der Waals surface area contributed by atoms with E-state index in [1.165, 1.54) is 24.3 Å². The smallest absolute Gasteiger partial charge is 0.311 e. The first-order valence-corrected chi connectivity index (χ1v) is 12.0. The number of nitro benzene ring substituents is 1. The van der Waals surface area contributed by atoms with E-state index in [9.17, 15) is 14.9 Å². The highest BCUT2D eigenvalue weighted by Crippen LogP contribution is 2.42. The summed E-state index contributed by atoms with van der Waals surface area (Å²) in [6.07, 6.45) is 3.44. The van der Waals surface area contributed by atoms with Crippen LogP contribution in [-0.4, -0.2) is 33.9 Å². The molecule has 3 aromatic carbocycles. The quantitative estimate of drug-likeness (QED) is 0.191. The number of benzene rings is 3. The summed E-state index contributed by atoms with van der Waals surface area (Å²) in [6, 6.07) is 17.4. The van der Waals surface area contributed by atoms with Crippen molar-refractivity contribution < 1.29 is 19.2 Å². The summed E-state index contributed by atoms with van der Waals surface area (Å²) in [5.74, 6) is -0.112. The molecule has 0 unspecified atom stereocenters. The van der Waals surface area contributed by atoms with Gasteiger partial charge >= 0.3 is 11.7 Å². The van der Waals surface area contributed by atoms with Crippen LogP contribution in [0.2, 0.25) is 0 Å². The number of ether oxygens (including phenoxy) is 2. The molecule has 0 bridgehead atoms. The Morgan fingerprint density at radius 3 is 2.56 bits per heavy atom. The zero-order valence-corrected chi connectivity index (χ0v) is 20.3. The number of carbonyl (C=O) groups excluding carboxylic acids is 1. The first kappa shape index (κ1) is 23.5. The van der Waals surface area contributed by atoms with E-state index < -0.39 is 4.92 Å². The maximum Gasteiger partial charge on any atom is 0.311 e. The molecule has 1 aliphatic carbocycles. The summed E-state index contributed by atoms with van der Waals surface area (Å²) in [5, 5.41) is 17.6. The number of methoxy groups -OCH3 is 1. The molecule has 36 heavy (non-hydrogen) atoms. The highest BCUT2D eigenvalue weighted by atomic mass is 16.6. The number of carbonyl (C=O) groups is 1. The molecule has 4 aromatic rings. The van der Waals surface area contributed by atoms with Gasteiger partial charge in [0.1, 0.15) is 6.10 Å². The Kier molecular flexibility index (Phi) is 6.41. The minimum atomic E-state index is -0.407. The van der Waals surface area contributed by atoms with Gasteiger partial charge in [-0.15, -0.1) is 0 Å². The second kappa shape index (κ2) is 9.81. The lowest BCUT2D eigenvalue weighted by molar-refractivity contribution is -0.386. The predicted molar refractivity (Wildman–Crippen MR) is 136 cm³/mol. The average molecular weight is 486 g/mol. The van der Waals surface area contributed by atoms with E-state index in [0.29, 0.717) is 30.4 Å². The molecule has 0 radical (unpaired) electrons. The standard InChI is InChI=1S/C28H27N3O5/c1-3-30-25-10-9-21(14-22(25)17-29-30)24-12-18(8-11-27(32)35-2)13-26(31(33)34)28(24)36-23-15-19-6-4-5-7-20(19)16-23/h4-7,9-10,12-14,17,23H,3,8,11,15-16H2,1-2H3. The van der Waals surface area contributed by atoms with E-state index in [-0.39, 0.29) is 29.9 Å². The average Bonchev–Trinajstić information content (AvgIpc) is 3.50. The molecule has 0 fully saturated rings. The monoisotopic (exact) mass is 485 g/mol. The van der Waals surface area contributed by atoms with Gasteiger partial charge in [0, 0.05) is 42.8 Å². The van der Waals surface area contributed by atoms with Gasteiger partial charge < -0.3 is 9.47 Å². The fourth-order valence-electron chi connectivity index (χ4n) is 4.91. The number of esters is 1. The summed E-state index contributed by atoms with van der Waals surface area (Å²) in [6.45, 7) is 2.77. The Hall–Kier alpha value is -4.20. The number of hydrogen-bond acceptors (Lipinski definition) is 6. The number of fused-ring (bicyclic) bond motifs is 2. The highest BCUT2D eigenvalue weighted by Gasteiger charge is 2.29. The molecule has 0 amide bonds. The third kappa shape index (κ3) is 4.54. The van der Waals surface area contributed by atoms with Crippen LogP contribution < -0.4 is 4.74 Å². The highest BCUT2D eigenvalue weighted by molar-refractivity contribution is 5.87. The van der Waals surface area contributed by atoms with E-state index >= 15 is 0 Å². The molecule has 0 N–H and O–H groups in total. The van der Waals surface area contributed by atoms with Gasteiger partial charge in [0.05, 0.1) is 23.7 Å². The number of nitrogens with zero attached hydrogens (tertiary/aromatic N) is 3. The Morgan fingerprint density at radius 2 is 1.89 bits per heavy atom. The molecule has 0 aliphatic heterocycles. The number of hydrogen-bond donors (Lipinski definition) is 0. The molecule has 8 heteroatoms. The molecule has 0 atom stereocenters. The molecular formula is C28H27N3O5. The number of aryl methyl sites for hydroxylation is 2. The normalized spacial score (nSPS) is 13.1. The first-order valence-electron chi connectivity index (χ1n) is 12.0. The zero-order chi connectivity index (χ0) is 25.2. The number of nitro groups is 1. The minimum absolute atomic E-state index is 0.104. The maximum atomic E-state index is 12.2. The van der Waals surface area contributed by atoms with Gasteiger partial charge in [-0.1, -0.05) is 30.3 Å². The summed E-state index contributed by atoms with van der Waals surface area (Å²) < 4.78 is 13.1. The van der Waals surface area contributed by atoms with Crippen LogP contribution in [0.15, 0.2) is 60.8 Å². The zero-order valence-electron chi connectivity index (χ0n) is 20.3. The second-order valence-electron chi connectivity index (χ2n) is 8.98. The van der Waals surface area contributed by atoms with Crippen LogP contribution in [0.5, 0.6) is 5.75 Å². The molecule has 0 saturated carbocycles. The number of aromatic nitrogens is 2. The van der Waals surface area contributed by atoms with Gasteiger partial charge in [-0.3, -0.25) is 19.6 Å². The van der Waals surface area contributed by atoms with Crippen molar-refractivity contribution in [3.05, 3.63) is 87.6 Å². The lowest BCUT2D eigenvalue weighted by atomic mass is 9.97. The van der Waals surface area contributed by atoms with Crippen molar-refractivity contribution >= 4 is 22.6 Å². The second-order valence-corrected chi connectivity index (χ2v) is 8.98. The van der Waals surface area contributed by atoms with Crippen LogP contribution in [0.4, 0.5) is 5.69 Å². The molecule has 1 aromatic heterocycles. The topological polar surface area (TPSA) is 96.5 Å². The Bertz CT molecular complexity index is 1430. The van der Waals surface area contributed by atoms with Gasteiger partial charge in [-0.05, 0) is 53.8 Å². The van der Waals surface area contributed by atoms with Crippen molar-refractivity contribution in [2.24, 2.45) is 0 Å². The van der Waals surface area contributed by atoms with Crippen LogP contribution >= 0.6 is 0 Å². The molecule has 184 valence electrons. The lowest BCUT2D eigenvalue weighted by Crippen LogP contribution is -2.18. The van der Waals surface area contributed by atoms with Crippen LogP contribution in [-0.2, 0) is 35.3 Å². The van der Waals surface area contributed by atoms with Crippen molar-refractivity contribution in [1.82, 2.24) is 9.78 Å². The van der Waals surface area contributed by atoms with E-state index in [1.54, 1.807) is 6.20 Å². The molecule has 1 aliphatic rings. The summed E-state index contributed by atoms with van der Waals surface area (Å²) >= 11 is 0. The molecule has 0 saturated heterocycles. The third-order valence-electron chi connectivity index (χ3n) is 6.72. The SMILES string of the molecule is CCn1ncc2cc(-c3cc(CCC(=O)OC)cc([N+](=O)[O-])c3OC3Cc4ccccc4C3)ccc21. The van der Waals surface area contributed by atoms with Crippen molar-refractivity contribution in [1.29, 1.82) is 0 Å². The molecule has 8 nitrogen and oxygen atoms in total. The van der Waals surface area contributed by atoms with Crippen LogP contribution in [0, 0.1) is 10.1 Å². The van der Waals surface area contributed by atoms with Crippen molar-refractivity contribution in [3.8, 4) is 16.9 Å². The minimum Gasteiger partial charge on any atom is -0.482 e. The number of rotatable bonds is 8. The van der Waals surface area contributed by atoms with Gasteiger partial charge in [0.15, 0.2) is 0 Å². The van der Waals surface area contributed by atoms with Gasteiger partial charge in [0.2, 0.25) is 5.75 Å². The lowest BCUT2D eigenvalue weighted by Gasteiger charge is -2.18. The molecule has 5 rings (SSSR count). The van der Waals surface area contributed by atoms with Crippen LogP contribution in [0.3, 0.4) is 0 Å². The van der Waals surface area contributed by atoms with E-state index in [0.717, 1.165) is 23.0 Å². The fourth-order valence-corrected chi connectivity index (χ4v) is 4.91. The first-order chi connectivity index (χ1) is 17.5. The van der Waals surface area contributed by atoms with Gasteiger partial charge in [0.25, 0.3) is 0 Å². The fraction of sp³-hybridized carbons (Fsp3) is 0.286. The maximum absolute atomic E-state index is 12.2. The van der Waals surface area contributed by atoms with Crippen molar-refractivity contribution in [3.63, 3.8) is 0 Å². The molecular weight excluding hydrogens is 458 g/mol. The van der Waals surface area contributed by atoms with E-state index in [4.69, 9.17) is 9.47 Å². The van der Waals surface area contributed by atoms with Gasteiger partial charge in [-0.25, -0.2) is 0 Å². The summed E-state index contributed by atoms with van der Waals surface area (Å²) in [7, 11) is 1.33. The molecule has 1 heterocycles. The van der Waals surface area contributed by atoms with Crippen LogP contribution in [0.1, 0.15) is 30.0 Å². The summed E-state index contributed by atoms with van der Waals surface area (Å²) in [4.78, 5) is 23.6. The van der Waals surface area contributed by atoms with Gasteiger partial charge in [-0.2, -0.15) is 5.10 Å². The van der Waals surface area contributed by atoms with E-state index in [2.05, 4.69) is 17.2 Å². The molecule has 0 spiro atoms. The largest absolute Gasteiger partial charge is 0.482 e. The van der Waals surface area contributed by atoms with E-state index in [1.807, 2.05) is 48.0 Å². The Labute approximate surface area is 208 Å². The van der Waals surface area contributed by atoms with Crippen molar-refractivity contribution in [2.75, 3.05) is 7.11 Å². The summed E-state index contributed by atoms with van der Waals surface area (Å²) in [5.41, 5.74) is 5.40. The Morgan fingerprint density at radius 1 is 1.14 bits per heavy atom. The third-order valence-corrected chi connectivity index (χ3v) is 6.72. The predicted octanol–water partition coefficient (Wildman–Crippen LogP) is 5.28. The van der Waals surface area contributed by atoms with Crippen LogP contribution in [0.25, 0.3) is 22.0 Å². The van der Waals surface area contributed by atoms with Crippen molar-refractivity contribution in [2.45, 2.75) is 45.3 Å².